The van der Waals surface area contributed by atoms with Gasteiger partial charge < -0.3 is 15.6 Å². The van der Waals surface area contributed by atoms with Crippen LogP contribution in [0, 0.1) is 5.92 Å². The number of urea groups is 1. The van der Waals surface area contributed by atoms with Gasteiger partial charge in [-0.2, -0.15) is 0 Å². The molecule has 24 heavy (non-hydrogen) atoms. The molecular formula is C19H26ClN3O. The first kappa shape index (κ1) is 17.2. The molecule has 1 saturated carbocycles. The number of fused-ring (bicyclic) bond motifs is 1. The number of carbonyl (C=O) groups excluding carboxylic acids is 1. The Balaban J connectivity index is 1.48. The van der Waals surface area contributed by atoms with E-state index in [-0.39, 0.29) is 6.03 Å². The van der Waals surface area contributed by atoms with Crippen molar-refractivity contribution in [3.05, 3.63) is 29.4 Å². The van der Waals surface area contributed by atoms with E-state index >= 15 is 0 Å². The van der Waals surface area contributed by atoms with Gasteiger partial charge in [0.15, 0.2) is 0 Å². The van der Waals surface area contributed by atoms with E-state index in [2.05, 4.69) is 22.5 Å². The molecule has 2 aromatic rings. The zero-order valence-electron chi connectivity index (χ0n) is 14.2. The van der Waals surface area contributed by atoms with Crippen LogP contribution >= 0.6 is 11.6 Å². The summed E-state index contributed by atoms with van der Waals surface area (Å²) in [6.07, 6.45) is 8.60. The van der Waals surface area contributed by atoms with E-state index in [9.17, 15) is 4.79 Å². The summed E-state index contributed by atoms with van der Waals surface area (Å²) in [6.45, 7) is 2.25. The van der Waals surface area contributed by atoms with E-state index in [1.165, 1.54) is 32.1 Å². The highest BCUT2D eigenvalue weighted by Gasteiger charge is 2.22. The number of aromatic nitrogens is 1. The van der Waals surface area contributed by atoms with E-state index in [1.54, 1.807) is 0 Å². The normalized spacial score (nSPS) is 20.9. The molecule has 3 N–H and O–H groups in total. The van der Waals surface area contributed by atoms with E-state index < -0.39 is 0 Å². The molecule has 1 aliphatic rings. The van der Waals surface area contributed by atoms with Crippen molar-refractivity contribution >= 4 is 34.2 Å². The van der Waals surface area contributed by atoms with Crippen molar-refractivity contribution < 1.29 is 4.79 Å². The maximum atomic E-state index is 12.2. The Morgan fingerprint density at radius 2 is 2.04 bits per heavy atom. The van der Waals surface area contributed by atoms with Gasteiger partial charge in [0.05, 0.1) is 0 Å². The van der Waals surface area contributed by atoms with Crippen molar-refractivity contribution in [3.8, 4) is 0 Å². The first-order valence-corrected chi connectivity index (χ1v) is 9.37. The SMILES string of the molecule is CCCCC1CCC(NC(=O)Nc2ccc3[nH]c(Cl)cc3c2)CC1. The van der Waals surface area contributed by atoms with Gasteiger partial charge in [0, 0.05) is 22.6 Å². The van der Waals surface area contributed by atoms with Gasteiger partial charge in [-0.15, -0.1) is 0 Å². The van der Waals surface area contributed by atoms with Gasteiger partial charge in [-0.25, -0.2) is 4.79 Å². The smallest absolute Gasteiger partial charge is 0.319 e. The average molecular weight is 348 g/mol. The molecule has 0 spiro atoms. The van der Waals surface area contributed by atoms with Crippen molar-refractivity contribution in [2.75, 3.05) is 5.32 Å². The van der Waals surface area contributed by atoms with Crippen LogP contribution in [0.25, 0.3) is 10.9 Å². The predicted octanol–water partition coefficient (Wildman–Crippen LogP) is 5.69. The number of rotatable bonds is 5. The molecule has 2 amide bonds. The van der Waals surface area contributed by atoms with Crippen molar-refractivity contribution in [3.63, 3.8) is 0 Å². The number of aromatic amines is 1. The number of anilines is 1. The third-order valence-corrected chi connectivity index (χ3v) is 5.20. The first-order valence-electron chi connectivity index (χ1n) is 9.00. The summed E-state index contributed by atoms with van der Waals surface area (Å²) in [5.41, 5.74) is 1.75. The highest BCUT2D eigenvalue weighted by Crippen LogP contribution is 2.28. The third-order valence-electron chi connectivity index (χ3n) is 4.99. The maximum Gasteiger partial charge on any atom is 0.319 e. The molecule has 5 heteroatoms. The van der Waals surface area contributed by atoms with Crippen molar-refractivity contribution in [2.24, 2.45) is 5.92 Å². The molecular weight excluding hydrogens is 322 g/mol. The van der Waals surface area contributed by atoms with E-state index in [1.807, 2.05) is 24.3 Å². The molecule has 4 nitrogen and oxygen atoms in total. The van der Waals surface area contributed by atoms with Crippen LogP contribution in [-0.2, 0) is 0 Å². The van der Waals surface area contributed by atoms with Crippen LogP contribution in [0.4, 0.5) is 10.5 Å². The fourth-order valence-electron chi connectivity index (χ4n) is 3.62. The standard InChI is InChI=1S/C19H26ClN3O/c1-2-3-4-13-5-7-15(8-6-13)21-19(24)22-16-9-10-17-14(11-16)12-18(20)23-17/h9-13,15,23H,2-8H2,1H3,(H2,21,22,24). The van der Waals surface area contributed by atoms with Crippen LogP contribution < -0.4 is 10.6 Å². The minimum atomic E-state index is -0.118. The fourth-order valence-corrected chi connectivity index (χ4v) is 3.84. The highest BCUT2D eigenvalue weighted by molar-refractivity contribution is 6.30. The van der Waals surface area contributed by atoms with Gasteiger partial charge in [-0.3, -0.25) is 0 Å². The van der Waals surface area contributed by atoms with Gasteiger partial charge in [0.25, 0.3) is 0 Å². The van der Waals surface area contributed by atoms with Crippen LogP contribution in [0.3, 0.4) is 0 Å². The number of nitrogens with one attached hydrogen (secondary N) is 3. The summed E-state index contributed by atoms with van der Waals surface area (Å²) in [6, 6.07) is 7.78. The van der Waals surface area contributed by atoms with Crippen LogP contribution in [0.15, 0.2) is 24.3 Å². The predicted molar refractivity (Wildman–Crippen MR) is 101 cm³/mol. The minimum Gasteiger partial charge on any atom is -0.346 e. The molecule has 0 radical (unpaired) electrons. The molecule has 1 aliphatic carbocycles. The summed E-state index contributed by atoms with van der Waals surface area (Å²) in [4.78, 5) is 15.3. The maximum absolute atomic E-state index is 12.2. The number of benzene rings is 1. The second kappa shape index (κ2) is 7.93. The summed E-state index contributed by atoms with van der Waals surface area (Å²) in [7, 11) is 0. The Kier molecular flexibility index (Phi) is 5.67. The Morgan fingerprint density at radius 3 is 2.79 bits per heavy atom. The van der Waals surface area contributed by atoms with Crippen LogP contribution in [-0.4, -0.2) is 17.1 Å². The lowest BCUT2D eigenvalue weighted by Crippen LogP contribution is -2.40. The molecule has 3 rings (SSSR count). The fraction of sp³-hybridized carbons (Fsp3) is 0.526. The Labute approximate surface area is 148 Å². The van der Waals surface area contributed by atoms with Crippen molar-refractivity contribution in [1.82, 2.24) is 10.3 Å². The molecule has 1 aromatic carbocycles. The van der Waals surface area contributed by atoms with Gasteiger partial charge in [-0.05, 0) is 55.9 Å². The molecule has 1 fully saturated rings. The number of hydrogen-bond donors (Lipinski definition) is 3. The van der Waals surface area contributed by atoms with E-state index in [0.29, 0.717) is 11.2 Å². The molecule has 1 aromatic heterocycles. The number of H-pyrrole nitrogens is 1. The zero-order chi connectivity index (χ0) is 16.9. The largest absolute Gasteiger partial charge is 0.346 e. The monoisotopic (exact) mass is 347 g/mol. The van der Waals surface area contributed by atoms with Crippen LogP contribution in [0.5, 0.6) is 0 Å². The summed E-state index contributed by atoms with van der Waals surface area (Å²) in [5.74, 6) is 0.854. The zero-order valence-corrected chi connectivity index (χ0v) is 15.0. The quantitative estimate of drug-likeness (QED) is 0.639. The lowest BCUT2D eigenvalue weighted by Gasteiger charge is -2.29. The molecule has 130 valence electrons. The molecule has 1 heterocycles. The summed E-state index contributed by atoms with van der Waals surface area (Å²) in [5, 5.41) is 7.64. The number of amides is 2. The summed E-state index contributed by atoms with van der Waals surface area (Å²) >= 11 is 5.96. The lowest BCUT2D eigenvalue weighted by molar-refractivity contribution is 0.235. The van der Waals surface area contributed by atoms with E-state index in [4.69, 9.17) is 11.6 Å². The number of hydrogen-bond acceptors (Lipinski definition) is 1. The Hall–Kier alpha value is -1.68. The van der Waals surface area contributed by atoms with Gasteiger partial charge in [-0.1, -0.05) is 37.8 Å². The Morgan fingerprint density at radius 1 is 1.25 bits per heavy atom. The molecule has 0 aliphatic heterocycles. The summed E-state index contributed by atoms with van der Waals surface area (Å²) < 4.78 is 0. The van der Waals surface area contributed by atoms with Crippen molar-refractivity contribution in [1.29, 1.82) is 0 Å². The molecule has 0 unspecified atom stereocenters. The van der Waals surface area contributed by atoms with Crippen molar-refractivity contribution in [2.45, 2.75) is 57.9 Å². The number of carbonyl (C=O) groups is 1. The van der Waals surface area contributed by atoms with Gasteiger partial charge in [0.1, 0.15) is 5.15 Å². The van der Waals surface area contributed by atoms with Gasteiger partial charge in [0.2, 0.25) is 0 Å². The lowest BCUT2D eigenvalue weighted by atomic mass is 9.83. The molecule has 0 bridgehead atoms. The molecule has 0 atom stereocenters. The van der Waals surface area contributed by atoms with E-state index in [0.717, 1.165) is 35.3 Å². The highest BCUT2D eigenvalue weighted by atomic mass is 35.5. The number of unbranched alkanes of at least 4 members (excludes halogenated alkanes) is 1. The Bertz CT molecular complexity index is 689. The average Bonchev–Trinajstić information content (AvgIpc) is 2.93. The van der Waals surface area contributed by atoms with Crippen LogP contribution in [0.1, 0.15) is 51.9 Å². The molecule has 0 saturated heterocycles. The number of halogens is 1. The topological polar surface area (TPSA) is 56.9 Å². The second-order valence-electron chi connectivity index (χ2n) is 6.88. The van der Waals surface area contributed by atoms with Crippen LogP contribution in [0.2, 0.25) is 5.15 Å². The minimum absolute atomic E-state index is 0.118. The third kappa shape index (κ3) is 4.44. The second-order valence-corrected chi connectivity index (χ2v) is 7.28. The van der Waals surface area contributed by atoms with Gasteiger partial charge >= 0.3 is 6.03 Å². The first-order chi connectivity index (χ1) is 11.6.